The van der Waals surface area contributed by atoms with Crippen LogP contribution in [0, 0.1) is 0 Å². The van der Waals surface area contributed by atoms with Gasteiger partial charge in [-0.25, -0.2) is 5.43 Å². The molecule has 0 aliphatic rings. The molecule has 0 radical (unpaired) electrons. The number of hydrogen-bond acceptors (Lipinski definition) is 3. The van der Waals surface area contributed by atoms with Gasteiger partial charge in [-0.1, -0.05) is 54.6 Å². The highest BCUT2D eigenvalue weighted by Crippen LogP contribution is 2.19. The van der Waals surface area contributed by atoms with Crippen molar-refractivity contribution in [2.45, 2.75) is 6.92 Å². The number of nitrogens with zero attached hydrogens (tertiary/aromatic N) is 1. The molecule has 124 valence electrons. The molecule has 4 nitrogen and oxygen atoms in total. The van der Waals surface area contributed by atoms with Gasteiger partial charge in [0.05, 0.1) is 5.71 Å². The molecule has 0 atom stereocenters. The van der Waals surface area contributed by atoms with Crippen LogP contribution in [-0.4, -0.2) is 16.7 Å². The molecular weight excluding hydrogens is 312 g/mol. The van der Waals surface area contributed by atoms with Crippen LogP contribution in [0.4, 0.5) is 0 Å². The molecule has 25 heavy (non-hydrogen) atoms. The highest BCUT2D eigenvalue weighted by Gasteiger charge is 2.07. The molecule has 0 aromatic heterocycles. The number of rotatable bonds is 4. The molecule has 2 N–H and O–H groups in total. The Morgan fingerprint density at radius 2 is 1.44 bits per heavy atom. The molecule has 0 spiro atoms. The van der Waals surface area contributed by atoms with Gasteiger partial charge in [-0.3, -0.25) is 4.79 Å². The lowest BCUT2D eigenvalue weighted by atomic mass is 10.0. The Balaban J connectivity index is 1.71. The fourth-order valence-corrected chi connectivity index (χ4v) is 2.48. The molecule has 4 heteroatoms. The molecule has 3 rings (SSSR count). The van der Waals surface area contributed by atoms with Crippen LogP contribution in [0.1, 0.15) is 22.8 Å². The maximum Gasteiger partial charge on any atom is 0.271 e. The Morgan fingerprint density at radius 1 is 0.840 bits per heavy atom. The summed E-state index contributed by atoms with van der Waals surface area (Å²) in [6.45, 7) is 1.73. The zero-order valence-corrected chi connectivity index (χ0v) is 13.8. The number of aromatic hydroxyl groups is 1. The van der Waals surface area contributed by atoms with Crippen molar-refractivity contribution in [2.24, 2.45) is 5.10 Å². The first-order valence-electron chi connectivity index (χ1n) is 7.93. The molecule has 0 bridgehead atoms. The summed E-state index contributed by atoms with van der Waals surface area (Å²) in [7, 11) is 0. The van der Waals surface area contributed by atoms with Crippen LogP contribution in [0.25, 0.3) is 11.1 Å². The minimum Gasteiger partial charge on any atom is -0.507 e. The van der Waals surface area contributed by atoms with Crippen LogP contribution < -0.4 is 5.43 Å². The Labute approximate surface area is 146 Å². The fourth-order valence-electron chi connectivity index (χ4n) is 2.48. The number of phenols is 1. The predicted octanol–water partition coefficient (Wildman–Crippen LogP) is 4.21. The van der Waals surface area contributed by atoms with E-state index >= 15 is 0 Å². The van der Waals surface area contributed by atoms with E-state index in [0.29, 0.717) is 16.8 Å². The second-order valence-electron chi connectivity index (χ2n) is 5.60. The number of nitrogens with one attached hydrogen (secondary N) is 1. The largest absolute Gasteiger partial charge is 0.507 e. The predicted molar refractivity (Wildman–Crippen MR) is 99.7 cm³/mol. The third-order valence-corrected chi connectivity index (χ3v) is 3.87. The number of benzene rings is 3. The lowest BCUT2D eigenvalue weighted by Gasteiger charge is -2.06. The molecule has 0 saturated carbocycles. The number of phenolic OH excluding ortho intramolecular Hbond substituents is 1. The standard InChI is InChI=1S/C21H18N2O2/c1-15(19-9-5-6-10-20(19)24)22-23-21(25)18-13-11-17(12-14-18)16-7-3-2-4-8-16/h2-14,24H,1H3,(H,23,25)/b22-15-. The first-order valence-corrected chi connectivity index (χ1v) is 7.93. The van der Waals surface area contributed by atoms with Crippen molar-refractivity contribution in [3.8, 4) is 16.9 Å². The van der Waals surface area contributed by atoms with Crippen molar-refractivity contribution in [1.82, 2.24) is 5.43 Å². The lowest BCUT2D eigenvalue weighted by molar-refractivity contribution is 0.0955. The normalized spacial score (nSPS) is 11.2. The van der Waals surface area contributed by atoms with E-state index in [2.05, 4.69) is 10.5 Å². The van der Waals surface area contributed by atoms with Crippen LogP contribution in [0.15, 0.2) is 84.0 Å². The van der Waals surface area contributed by atoms with Crippen molar-refractivity contribution in [3.05, 3.63) is 90.0 Å². The van der Waals surface area contributed by atoms with E-state index in [0.717, 1.165) is 11.1 Å². The van der Waals surface area contributed by atoms with Gasteiger partial charge in [-0.2, -0.15) is 5.10 Å². The third kappa shape index (κ3) is 3.93. The number of carbonyl (C=O) groups is 1. The van der Waals surface area contributed by atoms with Gasteiger partial charge in [-0.05, 0) is 42.3 Å². The van der Waals surface area contributed by atoms with Gasteiger partial charge in [0.25, 0.3) is 5.91 Å². The number of hydrogen-bond donors (Lipinski definition) is 2. The van der Waals surface area contributed by atoms with Gasteiger partial charge in [0, 0.05) is 11.1 Å². The molecule has 3 aromatic carbocycles. The molecule has 0 saturated heterocycles. The summed E-state index contributed by atoms with van der Waals surface area (Å²) >= 11 is 0. The van der Waals surface area contributed by atoms with Gasteiger partial charge in [0.1, 0.15) is 5.75 Å². The van der Waals surface area contributed by atoms with Gasteiger partial charge < -0.3 is 5.11 Å². The maximum absolute atomic E-state index is 12.2. The SMILES string of the molecule is C/C(=N/NC(=O)c1ccc(-c2ccccc2)cc1)c1ccccc1O. The summed E-state index contributed by atoms with van der Waals surface area (Å²) in [6.07, 6.45) is 0. The van der Waals surface area contributed by atoms with E-state index in [1.54, 1.807) is 43.3 Å². The molecule has 1 amide bonds. The van der Waals surface area contributed by atoms with Crippen LogP contribution in [-0.2, 0) is 0 Å². The number of hydrazone groups is 1. The number of para-hydroxylation sites is 1. The topological polar surface area (TPSA) is 61.7 Å². The summed E-state index contributed by atoms with van der Waals surface area (Å²) < 4.78 is 0. The molecule has 0 aliphatic carbocycles. The molecule has 0 unspecified atom stereocenters. The average molecular weight is 330 g/mol. The third-order valence-electron chi connectivity index (χ3n) is 3.87. The first-order chi connectivity index (χ1) is 12.1. The van der Waals surface area contributed by atoms with Crippen LogP contribution in [0.5, 0.6) is 5.75 Å². The van der Waals surface area contributed by atoms with Gasteiger partial charge in [0.2, 0.25) is 0 Å². The van der Waals surface area contributed by atoms with E-state index in [1.165, 1.54) is 0 Å². The van der Waals surface area contributed by atoms with E-state index in [-0.39, 0.29) is 11.7 Å². The van der Waals surface area contributed by atoms with Gasteiger partial charge in [-0.15, -0.1) is 0 Å². The number of carbonyl (C=O) groups excluding carboxylic acids is 1. The highest BCUT2D eigenvalue weighted by atomic mass is 16.3. The molecule has 0 aliphatic heterocycles. The smallest absolute Gasteiger partial charge is 0.271 e. The van der Waals surface area contributed by atoms with Crippen LogP contribution in [0.3, 0.4) is 0 Å². The summed E-state index contributed by atoms with van der Waals surface area (Å²) in [4.78, 5) is 12.2. The van der Waals surface area contributed by atoms with Crippen LogP contribution >= 0.6 is 0 Å². The summed E-state index contributed by atoms with van der Waals surface area (Å²) in [5, 5.41) is 13.9. The quantitative estimate of drug-likeness (QED) is 0.556. The second-order valence-corrected chi connectivity index (χ2v) is 5.60. The minimum atomic E-state index is -0.297. The molecule has 0 fully saturated rings. The Bertz CT molecular complexity index is 901. The highest BCUT2D eigenvalue weighted by molar-refractivity contribution is 6.02. The van der Waals surface area contributed by atoms with Gasteiger partial charge >= 0.3 is 0 Å². The molecule has 0 heterocycles. The van der Waals surface area contributed by atoms with E-state index < -0.39 is 0 Å². The first kappa shape index (κ1) is 16.5. The average Bonchev–Trinajstić information content (AvgIpc) is 2.67. The van der Waals surface area contributed by atoms with Crippen molar-refractivity contribution >= 4 is 11.6 Å². The van der Waals surface area contributed by atoms with Crippen molar-refractivity contribution in [2.75, 3.05) is 0 Å². The Hall–Kier alpha value is -3.40. The van der Waals surface area contributed by atoms with Crippen LogP contribution in [0.2, 0.25) is 0 Å². The van der Waals surface area contributed by atoms with Crippen molar-refractivity contribution < 1.29 is 9.90 Å². The van der Waals surface area contributed by atoms with Crippen molar-refractivity contribution in [3.63, 3.8) is 0 Å². The Kier molecular flexibility index (Phi) is 4.90. The molecular formula is C21H18N2O2. The molecule has 3 aromatic rings. The lowest BCUT2D eigenvalue weighted by Crippen LogP contribution is -2.19. The van der Waals surface area contributed by atoms with E-state index in [9.17, 15) is 9.90 Å². The zero-order chi connectivity index (χ0) is 17.6. The maximum atomic E-state index is 12.2. The zero-order valence-electron chi connectivity index (χ0n) is 13.8. The Morgan fingerprint density at radius 3 is 2.12 bits per heavy atom. The minimum absolute atomic E-state index is 0.130. The van der Waals surface area contributed by atoms with E-state index in [4.69, 9.17) is 0 Å². The second kappa shape index (κ2) is 7.45. The summed E-state index contributed by atoms with van der Waals surface area (Å²) in [5.41, 5.74) is 6.31. The summed E-state index contributed by atoms with van der Waals surface area (Å²) in [5.74, 6) is -0.167. The number of amides is 1. The van der Waals surface area contributed by atoms with Gasteiger partial charge in [0.15, 0.2) is 0 Å². The summed E-state index contributed by atoms with van der Waals surface area (Å²) in [6, 6.07) is 24.2. The van der Waals surface area contributed by atoms with Crippen molar-refractivity contribution in [1.29, 1.82) is 0 Å². The fraction of sp³-hybridized carbons (Fsp3) is 0.0476. The monoisotopic (exact) mass is 330 g/mol. The van der Waals surface area contributed by atoms with E-state index in [1.807, 2.05) is 42.5 Å².